The maximum atomic E-state index is 9.36. The van der Waals surface area contributed by atoms with Gasteiger partial charge in [0.2, 0.25) is 0 Å². The van der Waals surface area contributed by atoms with E-state index in [-0.39, 0.29) is 12.0 Å². The summed E-state index contributed by atoms with van der Waals surface area (Å²) in [5, 5.41) is 21.5. The third-order valence-corrected chi connectivity index (χ3v) is 2.87. The number of nitriles is 1. The summed E-state index contributed by atoms with van der Waals surface area (Å²) in [6.45, 7) is 0.747. The number of nitrogens with zero attached hydrogens (tertiary/aromatic N) is 1. The number of phenols is 1. The number of benzene rings is 1. The van der Waals surface area contributed by atoms with Gasteiger partial charge in [-0.25, -0.2) is 0 Å². The summed E-state index contributed by atoms with van der Waals surface area (Å²) in [6.07, 6.45) is 1.89. The fraction of sp³-hybridized carbons (Fsp3) is 0.417. The van der Waals surface area contributed by atoms with Crippen LogP contribution in [0.3, 0.4) is 0 Å². The molecule has 2 atom stereocenters. The Balaban J connectivity index is 2.05. The summed E-state index contributed by atoms with van der Waals surface area (Å²) in [6, 6.07) is 9.86. The van der Waals surface area contributed by atoms with Crippen molar-refractivity contribution in [2.45, 2.75) is 18.9 Å². The van der Waals surface area contributed by atoms with Gasteiger partial charge in [-0.15, -0.1) is 0 Å². The minimum atomic E-state index is 0.138. The molecule has 1 aromatic rings. The van der Waals surface area contributed by atoms with Gasteiger partial charge in [-0.05, 0) is 30.5 Å². The predicted octanol–water partition coefficient (Wildman–Crippen LogP) is 1.96. The van der Waals surface area contributed by atoms with Crippen molar-refractivity contribution in [2.75, 3.05) is 6.54 Å². The van der Waals surface area contributed by atoms with E-state index >= 15 is 0 Å². The first-order valence-electron chi connectivity index (χ1n) is 5.21. The predicted molar refractivity (Wildman–Crippen MR) is 57.2 cm³/mol. The topological polar surface area (TPSA) is 56.0 Å². The van der Waals surface area contributed by atoms with Crippen molar-refractivity contribution in [3.8, 4) is 11.8 Å². The van der Waals surface area contributed by atoms with Crippen LogP contribution >= 0.6 is 0 Å². The van der Waals surface area contributed by atoms with Gasteiger partial charge in [0.25, 0.3) is 0 Å². The summed E-state index contributed by atoms with van der Waals surface area (Å²) < 4.78 is 0. The van der Waals surface area contributed by atoms with E-state index in [1.54, 1.807) is 12.1 Å². The van der Waals surface area contributed by atoms with Crippen LogP contribution in [-0.2, 0) is 0 Å². The van der Waals surface area contributed by atoms with E-state index in [1.165, 1.54) is 0 Å². The number of hydrogen-bond acceptors (Lipinski definition) is 3. The quantitative estimate of drug-likeness (QED) is 0.731. The van der Waals surface area contributed by atoms with Gasteiger partial charge in [0.05, 0.1) is 12.0 Å². The van der Waals surface area contributed by atoms with Crippen LogP contribution in [0.4, 0.5) is 0 Å². The molecule has 2 N–H and O–H groups in total. The van der Waals surface area contributed by atoms with E-state index in [2.05, 4.69) is 11.4 Å². The van der Waals surface area contributed by atoms with Crippen LogP contribution in [0.25, 0.3) is 0 Å². The van der Waals surface area contributed by atoms with Gasteiger partial charge in [-0.1, -0.05) is 12.1 Å². The SMILES string of the molecule is N#CC1CCC(c2cccc(O)c2)NC1. The van der Waals surface area contributed by atoms with Gasteiger partial charge in [0.1, 0.15) is 5.75 Å². The Bertz CT molecular complexity index is 375. The average Bonchev–Trinajstić information content (AvgIpc) is 2.29. The first kappa shape index (κ1) is 10.0. The van der Waals surface area contributed by atoms with E-state index in [1.807, 2.05) is 12.1 Å². The molecule has 2 unspecified atom stereocenters. The lowest BCUT2D eigenvalue weighted by molar-refractivity contribution is 0.360. The molecular formula is C12H14N2O. The Hall–Kier alpha value is -1.53. The Morgan fingerprint density at radius 2 is 2.27 bits per heavy atom. The monoisotopic (exact) mass is 202 g/mol. The molecule has 1 aliphatic rings. The van der Waals surface area contributed by atoms with Crippen LogP contribution in [0.1, 0.15) is 24.4 Å². The number of hydrogen-bond donors (Lipinski definition) is 2. The third kappa shape index (κ3) is 2.28. The summed E-state index contributed by atoms with van der Waals surface area (Å²) in [7, 11) is 0. The lowest BCUT2D eigenvalue weighted by atomic mass is 9.92. The van der Waals surface area contributed by atoms with Crippen molar-refractivity contribution in [1.29, 1.82) is 5.26 Å². The molecule has 15 heavy (non-hydrogen) atoms. The van der Waals surface area contributed by atoms with Gasteiger partial charge in [-0.3, -0.25) is 0 Å². The molecule has 3 heteroatoms. The fourth-order valence-corrected chi connectivity index (χ4v) is 1.99. The standard InChI is InChI=1S/C12H14N2O/c13-7-9-4-5-12(14-8-9)10-2-1-3-11(15)6-10/h1-3,6,9,12,14-15H,4-5,8H2. The Morgan fingerprint density at radius 3 is 2.87 bits per heavy atom. The first-order valence-corrected chi connectivity index (χ1v) is 5.21. The smallest absolute Gasteiger partial charge is 0.115 e. The molecule has 1 aliphatic heterocycles. The Labute approximate surface area is 89.4 Å². The van der Waals surface area contributed by atoms with Gasteiger partial charge in [-0.2, -0.15) is 5.26 Å². The molecule has 0 aromatic heterocycles. The maximum Gasteiger partial charge on any atom is 0.115 e. The second-order valence-electron chi connectivity index (χ2n) is 3.96. The molecular weight excluding hydrogens is 188 g/mol. The van der Waals surface area contributed by atoms with E-state index in [4.69, 9.17) is 5.26 Å². The van der Waals surface area contributed by atoms with Crippen LogP contribution in [0.5, 0.6) is 5.75 Å². The number of rotatable bonds is 1. The molecule has 0 aliphatic carbocycles. The summed E-state index contributed by atoms with van der Waals surface area (Å²) in [4.78, 5) is 0. The van der Waals surface area contributed by atoms with Crippen molar-refractivity contribution in [3.63, 3.8) is 0 Å². The summed E-state index contributed by atoms with van der Waals surface area (Å²) in [5.74, 6) is 0.440. The van der Waals surface area contributed by atoms with Crippen LogP contribution in [0, 0.1) is 17.2 Å². The van der Waals surface area contributed by atoms with E-state index in [9.17, 15) is 5.11 Å². The molecule has 0 spiro atoms. The number of phenolic OH excluding ortho intramolecular Hbond substituents is 1. The molecule has 78 valence electrons. The number of aromatic hydroxyl groups is 1. The molecule has 0 radical (unpaired) electrons. The van der Waals surface area contributed by atoms with Gasteiger partial charge >= 0.3 is 0 Å². The average molecular weight is 202 g/mol. The van der Waals surface area contributed by atoms with Crippen LogP contribution in [0.15, 0.2) is 24.3 Å². The molecule has 2 rings (SSSR count). The Kier molecular flexibility index (Phi) is 2.89. The summed E-state index contributed by atoms with van der Waals surface area (Å²) in [5.41, 5.74) is 1.10. The highest BCUT2D eigenvalue weighted by Crippen LogP contribution is 2.27. The van der Waals surface area contributed by atoms with Crippen molar-refractivity contribution in [2.24, 2.45) is 5.92 Å². The Morgan fingerprint density at radius 1 is 1.40 bits per heavy atom. The zero-order valence-electron chi connectivity index (χ0n) is 8.48. The number of nitrogens with one attached hydrogen (secondary N) is 1. The van der Waals surface area contributed by atoms with Crippen LogP contribution in [0.2, 0.25) is 0 Å². The van der Waals surface area contributed by atoms with Crippen molar-refractivity contribution in [3.05, 3.63) is 29.8 Å². The highest BCUT2D eigenvalue weighted by molar-refractivity contribution is 5.29. The highest BCUT2D eigenvalue weighted by Gasteiger charge is 2.21. The zero-order valence-corrected chi connectivity index (χ0v) is 8.48. The molecule has 1 saturated heterocycles. The van der Waals surface area contributed by atoms with Crippen molar-refractivity contribution < 1.29 is 5.11 Å². The maximum absolute atomic E-state index is 9.36. The van der Waals surface area contributed by atoms with Gasteiger partial charge in [0.15, 0.2) is 0 Å². The normalized spacial score (nSPS) is 25.8. The summed E-state index contributed by atoms with van der Waals surface area (Å²) >= 11 is 0. The lowest BCUT2D eigenvalue weighted by Gasteiger charge is -2.26. The fourth-order valence-electron chi connectivity index (χ4n) is 1.99. The zero-order chi connectivity index (χ0) is 10.7. The first-order chi connectivity index (χ1) is 7.29. The second kappa shape index (κ2) is 4.33. The molecule has 0 bridgehead atoms. The second-order valence-corrected chi connectivity index (χ2v) is 3.96. The molecule has 0 amide bonds. The number of piperidine rings is 1. The largest absolute Gasteiger partial charge is 0.508 e. The minimum absolute atomic E-state index is 0.138. The molecule has 1 fully saturated rings. The van der Waals surface area contributed by atoms with E-state index in [0.29, 0.717) is 5.75 Å². The van der Waals surface area contributed by atoms with Crippen LogP contribution < -0.4 is 5.32 Å². The highest BCUT2D eigenvalue weighted by atomic mass is 16.3. The molecule has 1 heterocycles. The minimum Gasteiger partial charge on any atom is -0.508 e. The van der Waals surface area contributed by atoms with Gasteiger partial charge < -0.3 is 10.4 Å². The van der Waals surface area contributed by atoms with E-state index < -0.39 is 0 Å². The third-order valence-electron chi connectivity index (χ3n) is 2.87. The molecule has 1 aromatic carbocycles. The van der Waals surface area contributed by atoms with Gasteiger partial charge in [0, 0.05) is 12.6 Å². The van der Waals surface area contributed by atoms with Crippen molar-refractivity contribution >= 4 is 0 Å². The lowest BCUT2D eigenvalue weighted by Crippen LogP contribution is -2.32. The molecule has 3 nitrogen and oxygen atoms in total. The van der Waals surface area contributed by atoms with E-state index in [0.717, 1.165) is 24.9 Å². The van der Waals surface area contributed by atoms with Crippen molar-refractivity contribution in [1.82, 2.24) is 5.32 Å². The van der Waals surface area contributed by atoms with Crippen LogP contribution in [-0.4, -0.2) is 11.7 Å². The molecule has 0 saturated carbocycles.